The smallest absolute Gasteiger partial charge is 0.343 e. The summed E-state index contributed by atoms with van der Waals surface area (Å²) in [7, 11) is 8.61. The zero-order valence-electron chi connectivity index (χ0n) is 61.1. The van der Waals surface area contributed by atoms with Crippen molar-refractivity contribution in [2.45, 2.75) is 249 Å². The molecule has 1 spiro atoms. The number of carbonyl (C=O) groups excluding carboxylic acids is 12. The van der Waals surface area contributed by atoms with E-state index in [0.717, 1.165) is 55.6 Å². The Balaban J connectivity index is 1.29. The first-order valence-corrected chi connectivity index (χ1v) is 36.7. The van der Waals surface area contributed by atoms with Crippen LogP contribution in [0.4, 0.5) is 13.2 Å². The number of amides is 12. The summed E-state index contributed by atoms with van der Waals surface area (Å²) >= 11 is 6.16. The molecule has 3 N–H and O–H groups in total. The van der Waals surface area contributed by atoms with E-state index in [1.54, 1.807) is 25.7 Å². The van der Waals surface area contributed by atoms with Gasteiger partial charge in [0.15, 0.2) is 0 Å². The number of likely N-dealkylation sites (tertiary alicyclic amines) is 1. The normalized spacial score (nSPS) is 27.8. The van der Waals surface area contributed by atoms with E-state index >= 15 is 24.0 Å². The second-order valence-electron chi connectivity index (χ2n) is 30.0. The van der Waals surface area contributed by atoms with Crippen LogP contribution in [0, 0.1) is 23.7 Å². The first-order valence-electron chi connectivity index (χ1n) is 36.3. The van der Waals surface area contributed by atoms with Crippen molar-refractivity contribution in [2.24, 2.45) is 23.7 Å². The Kier molecular flexibility index (Phi) is 27.9. The Morgan fingerprint density at radius 3 is 1.85 bits per heavy atom. The number of carbonyl (C=O) groups is 12. The fourth-order valence-electron chi connectivity index (χ4n) is 15.5. The number of aryl methyl sites for hydroxylation is 1. The van der Waals surface area contributed by atoms with Gasteiger partial charge in [-0.2, -0.15) is 13.2 Å². The van der Waals surface area contributed by atoms with Gasteiger partial charge in [-0.15, -0.1) is 0 Å². The third kappa shape index (κ3) is 18.8. The van der Waals surface area contributed by atoms with E-state index < -0.39 is 172 Å². The molecular weight excluding hydrogens is 1320 g/mol. The molecule has 100 heavy (non-hydrogen) atoms. The number of rotatable bonds is 11. The van der Waals surface area contributed by atoms with Crippen LogP contribution >= 0.6 is 11.6 Å². The highest BCUT2D eigenvalue weighted by molar-refractivity contribution is 6.31. The van der Waals surface area contributed by atoms with E-state index in [9.17, 15) is 46.7 Å². The van der Waals surface area contributed by atoms with Crippen LogP contribution in [0.5, 0.6) is 0 Å². The Morgan fingerprint density at radius 2 is 1.27 bits per heavy atom. The van der Waals surface area contributed by atoms with Gasteiger partial charge in [0.1, 0.15) is 59.9 Å². The van der Waals surface area contributed by atoms with Gasteiger partial charge in [0.25, 0.3) is 0 Å². The summed E-state index contributed by atoms with van der Waals surface area (Å²) in [4.78, 5) is 192. The van der Waals surface area contributed by atoms with Gasteiger partial charge in [-0.3, -0.25) is 57.5 Å². The summed E-state index contributed by atoms with van der Waals surface area (Å²) in [6.45, 7) is 12.6. The summed E-state index contributed by atoms with van der Waals surface area (Å²) < 4.78 is 41.6. The number of piperidine rings is 1. The quantitative estimate of drug-likeness (QED) is 0.229. The fourth-order valence-corrected chi connectivity index (χ4v) is 15.8. The molecule has 4 saturated heterocycles. The number of nitrogens with one attached hydrogen (secondary N) is 3. The van der Waals surface area contributed by atoms with Crippen molar-refractivity contribution in [3.63, 3.8) is 0 Å². The van der Waals surface area contributed by atoms with E-state index in [1.807, 2.05) is 20.8 Å². The summed E-state index contributed by atoms with van der Waals surface area (Å²) in [5, 5.41) is 8.16. The minimum Gasteiger partial charge on any atom is -0.343 e. The Bertz CT molecular complexity index is 3160. The lowest BCUT2D eigenvalue weighted by Crippen LogP contribution is -2.65. The monoisotopic (exact) mass is 1430 g/mol. The molecule has 2 aliphatic carbocycles. The molecule has 558 valence electrons. The van der Waals surface area contributed by atoms with Crippen LogP contribution in [0.25, 0.3) is 0 Å². The highest BCUT2D eigenvalue weighted by Gasteiger charge is 2.52. The average Bonchev–Trinajstić information content (AvgIpc) is 1.14. The summed E-state index contributed by atoms with van der Waals surface area (Å²) in [5.74, 6) is -8.89. The first kappa shape index (κ1) is 80.3. The molecule has 10 atom stereocenters. The van der Waals surface area contributed by atoms with Crippen molar-refractivity contribution < 1.29 is 70.7 Å². The maximum Gasteiger partial charge on any atom is 0.417 e. The van der Waals surface area contributed by atoms with Crippen LogP contribution in [-0.4, -0.2) is 250 Å². The van der Waals surface area contributed by atoms with Crippen LogP contribution in [0.1, 0.15) is 188 Å². The number of alkyl halides is 3. The lowest BCUT2D eigenvalue weighted by atomic mass is 9.84. The zero-order valence-corrected chi connectivity index (χ0v) is 61.8. The summed E-state index contributed by atoms with van der Waals surface area (Å²) in [5.41, 5.74) is -2.35. The molecule has 0 aromatic heterocycles. The van der Waals surface area contributed by atoms with Gasteiger partial charge in [0.05, 0.1) is 23.6 Å². The number of halogens is 4. The van der Waals surface area contributed by atoms with Gasteiger partial charge in [0.2, 0.25) is 70.9 Å². The van der Waals surface area contributed by atoms with Crippen molar-refractivity contribution >= 4 is 82.5 Å². The maximum absolute atomic E-state index is 15.4. The van der Waals surface area contributed by atoms with E-state index in [0.29, 0.717) is 57.2 Å². The van der Waals surface area contributed by atoms with Crippen molar-refractivity contribution in [1.29, 1.82) is 0 Å². The molecule has 2 saturated carbocycles. The van der Waals surface area contributed by atoms with Crippen LogP contribution in [0.2, 0.25) is 5.02 Å². The van der Waals surface area contributed by atoms with E-state index in [4.69, 9.17) is 11.6 Å². The highest BCUT2D eigenvalue weighted by atomic mass is 35.5. The second-order valence-corrected chi connectivity index (χ2v) is 30.4. The minimum atomic E-state index is -4.76. The molecule has 24 nitrogen and oxygen atoms in total. The number of hydrogen-bond donors (Lipinski definition) is 3. The fraction of sp³-hybridized carbons (Fsp3) is 0.750. The molecule has 1 aromatic rings. The third-order valence-corrected chi connectivity index (χ3v) is 22.5. The predicted molar refractivity (Wildman–Crippen MR) is 369 cm³/mol. The van der Waals surface area contributed by atoms with Gasteiger partial charge in [-0.05, 0) is 125 Å². The van der Waals surface area contributed by atoms with Gasteiger partial charge in [0, 0.05) is 68.5 Å². The lowest BCUT2D eigenvalue weighted by Gasteiger charge is -2.45. The number of benzene rings is 1. The molecule has 28 heteroatoms. The number of hydrogen-bond acceptors (Lipinski definition) is 12. The largest absolute Gasteiger partial charge is 0.417 e. The summed E-state index contributed by atoms with van der Waals surface area (Å²) in [6, 6.07) is -7.84. The Morgan fingerprint density at radius 1 is 0.640 bits per heavy atom. The van der Waals surface area contributed by atoms with E-state index in [1.165, 1.54) is 89.6 Å². The van der Waals surface area contributed by atoms with Gasteiger partial charge < -0.3 is 60.0 Å². The zero-order chi connectivity index (χ0) is 74.0. The minimum absolute atomic E-state index is 0.0229. The topological polar surface area (TPSA) is 270 Å². The highest BCUT2D eigenvalue weighted by Crippen LogP contribution is 2.38. The number of likely N-dealkylation sites (N-methyl/N-ethyl adjacent to an activating group) is 6. The number of nitrogens with zero attached hydrogens (tertiary/aromatic N) is 9. The second kappa shape index (κ2) is 34.7. The van der Waals surface area contributed by atoms with Crippen molar-refractivity contribution in [1.82, 2.24) is 60.0 Å². The molecule has 7 rings (SSSR count). The predicted octanol–water partition coefficient (Wildman–Crippen LogP) is 6.03. The molecule has 12 amide bonds. The maximum atomic E-state index is 15.4. The number of fused-ring (bicyclic) bond motifs is 2. The van der Waals surface area contributed by atoms with Crippen molar-refractivity contribution in [3.8, 4) is 0 Å². The van der Waals surface area contributed by atoms with Gasteiger partial charge in [-0.25, -0.2) is 0 Å². The van der Waals surface area contributed by atoms with E-state index in [2.05, 4.69) is 16.0 Å². The molecule has 4 aliphatic heterocycles. The molecule has 6 fully saturated rings. The first-order chi connectivity index (χ1) is 47.0. The molecule has 1 aromatic carbocycles. The molecule has 6 aliphatic rings. The van der Waals surface area contributed by atoms with Crippen molar-refractivity contribution in [2.75, 3.05) is 75.0 Å². The summed E-state index contributed by atoms with van der Waals surface area (Å²) in [6.07, 6.45) is 3.77. The van der Waals surface area contributed by atoms with Crippen molar-refractivity contribution in [3.05, 3.63) is 34.3 Å². The molecule has 0 radical (unpaired) electrons. The van der Waals surface area contributed by atoms with Gasteiger partial charge in [-0.1, -0.05) is 111 Å². The van der Waals surface area contributed by atoms with Crippen LogP contribution in [0.15, 0.2) is 18.2 Å². The molecule has 0 bridgehead atoms. The SMILES string of the molecule is CC[C@H](C)[C@@H]1NC(=O)[C@H](CC(C)C)N(C)C(=O)C[C@@H](C(=O)N2CCCCC2)N(C)C(=O)[C@H](C(C)C)N(C)C(=O)C2(CCCC2)NC(=O)[C@@H]2CCCN2C(=O)[C@H](CCc2ccc(C(F)(F)F)c(Cl)c2)NC(=O)CN(C)C(=O)[C@H](CC2CCCCC2)N(C)C(=O)[C@@H]2CCN2C(=O)[C@H](C)N(C)C1=O. The Hall–Kier alpha value is -7.06. The van der Waals surface area contributed by atoms with Crippen LogP contribution < -0.4 is 16.0 Å². The lowest BCUT2D eigenvalue weighted by molar-refractivity contribution is -0.160. The molecule has 0 unspecified atom stereocenters. The van der Waals surface area contributed by atoms with Crippen LogP contribution in [0.3, 0.4) is 0 Å². The standard InChI is InChI=1S/C72H110ClF3N12O12/c1-14-45(6)59-68(98)81(9)46(7)63(93)88-37-31-53(88)66(96)83(11)55(40-47-24-17-15-18-25-47)65(95)80(8)42-57(89)77-51(30-28-48-27-29-49(50(73)39-48)72(74,75)76)64(94)87-36-23-26-52(87)62(92)79-71(32-19-20-33-71)70(100)85(13)60(44(4)5)69(99)84(12)56(67(97)86-34-21-16-22-35-86)41-58(90)82(10)54(38-43(2)3)61(91)78-59/h27,29,39,43-47,51-56,59-60H,14-26,28,30-38,40-42H2,1-13H3,(H,77,89)(H,78,91)(H,79,92)/t45-,46-,51-,52-,53-,54-,55-,56-,59-,60-/m0/s1. The Labute approximate surface area is 593 Å². The molecule has 4 heterocycles. The van der Waals surface area contributed by atoms with Crippen LogP contribution in [-0.2, 0) is 70.1 Å². The third-order valence-electron chi connectivity index (χ3n) is 22.2. The van der Waals surface area contributed by atoms with E-state index in [-0.39, 0.29) is 76.3 Å². The molecular formula is C72H110ClF3N12O12. The van der Waals surface area contributed by atoms with Gasteiger partial charge >= 0.3 is 6.18 Å². The average molecular weight is 1430 g/mol.